The minimum absolute atomic E-state index is 0.281. The lowest BCUT2D eigenvalue weighted by Gasteiger charge is -2.08. The van der Waals surface area contributed by atoms with Crippen LogP contribution in [0.5, 0.6) is 0 Å². The topological polar surface area (TPSA) is 136 Å². The fraction of sp³-hybridized carbons (Fsp3) is 0.158. The normalized spacial score (nSPS) is 10.4. The SMILES string of the molecule is Nn1c(Cc2ccc(Cl)cc2)nn(CC(=O)NNC(=O)NCc2ccccc2)c1=O. The second-order valence-corrected chi connectivity index (χ2v) is 6.81. The van der Waals surface area contributed by atoms with E-state index in [1.54, 1.807) is 24.3 Å². The van der Waals surface area contributed by atoms with Gasteiger partial charge in [0.2, 0.25) is 0 Å². The molecule has 0 bridgehead atoms. The van der Waals surface area contributed by atoms with E-state index in [2.05, 4.69) is 21.3 Å². The molecule has 2 aromatic carbocycles. The molecule has 3 amide bonds. The molecule has 156 valence electrons. The van der Waals surface area contributed by atoms with Crippen LogP contribution in [0.4, 0.5) is 4.79 Å². The Bertz CT molecular complexity index is 1080. The van der Waals surface area contributed by atoms with Crippen molar-refractivity contribution in [2.45, 2.75) is 19.5 Å². The van der Waals surface area contributed by atoms with E-state index < -0.39 is 24.2 Å². The number of aromatic nitrogens is 3. The first kappa shape index (κ1) is 20.9. The number of carbonyl (C=O) groups is 2. The first-order valence-corrected chi connectivity index (χ1v) is 9.35. The Morgan fingerprint density at radius 2 is 1.70 bits per heavy atom. The lowest BCUT2D eigenvalue weighted by atomic mass is 10.1. The fourth-order valence-electron chi connectivity index (χ4n) is 2.60. The lowest BCUT2D eigenvalue weighted by Crippen LogP contribution is -2.48. The second-order valence-electron chi connectivity index (χ2n) is 6.37. The van der Waals surface area contributed by atoms with Crippen molar-refractivity contribution >= 4 is 23.5 Å². The number of rotatable bonds is 6. The van der Waals surface area contributed by atoms with Crippen LogP contribution in [0.1, 0.15) is 17.0 Å². The zero-order chi connectivity index (χ0) is 21.5. The Hall–Kier alpha value is -3.79. The molecule has 0 atom stereocenters. The number of amides is 3. The molecule has 0 saturated carbocycles. The highest BCUT2D eigenvalue weighted by Gasteiger charge is 2.14. The van der Waals surface area contributed by atoms with Crippen molar-refractivity contribution < 1.29 is 9.59 Å². The van der Waals surface area contributed by atoms with Gasteiger partial charge in [0.1, 0.15) is 6.54 Å². The number of halogens is 1. The Labute approximate surface area is 176 Å². The zero-order valence-corrected chi connectivity index (χ0v) is 16.6. The van der Waals surface area contributed by atoms with E-state index in [9.17, 15) is 14.4 Å². The smallest absolute Gasteiger partial charge is 0.333 e. The number of urea groups is 1. The second kappa shape index (κ2) is 9.61. The van der Waals surface area contributed by atoms with Gasteiger partial charge >= 0.3 is 11.7 Å². The van der Waals surface area contributed by atoms with Gasteiger partial charge in [0.05, 0.1) is 0 Å². The summed E-state index contributed by atoms with van der Waals surface area (Å²) < 4.78 is 1.80. The van der Waals surface area contributed by atoms with Gasteiger partial charge in [-0.3, -0.25) is 10.2 Å². The fourth-order valence-corrected chi connectivity index (χ4v) is 2.72. The number of nitrogens with one attached hydrogen (secondary N) is 3. The number of nitrogen functional groups attached to an aromatic ring is 1. The van der Waals surface area contributed by atoms with Crippen LogP contribution < -0.4 is 27.7 Å². The van der Waals surface area contributed by atoms with Crippen LogP contribution in [0.2, 0.25) is 5.02 Å². The highest BCUT2D eigenvalue weighted by Crippen LogP contribution is 2.11. The highest BCUT2D eigenvalue weighted by atomic mass is 35.5. The summed E-state index contributed by atoms with van der Waals surface area (Å²) in [6, 6.07) is 15.7. The van der Waals surface area contributed by atoms with E-state index in [1.165, 1.54) is 0 Å². The average molecular weight is 430 g/mol. The molecule has 0 radical (unpaired) electrons. The zero-order valence-electron chi connectivity index (χ0n) is 15.8. The molecule has 0 aliphatic heterocycles. The molecule has 30 heavy (non-hydrogen) atoms. The summed E-state index contributed by atoms with van der Waals surface area (Å²) in [5.41, 5.74) is 5.54. The summed E-state index contributed by atoms with van der Waals surface area (Å²) in [5.74, 6) is 5.40. The van der Waals surface area contributed by atoms with Crippen LogP contribution in [-0.2, 0) is 24.3 Å². The van der Waals surface area contributed by atoms with Crippen LogP contribution in [0, 0.1) is 0 Å². The minimum atomic E-state index is -0.650. The number of nitrogens with zero attached hydrogens (tertiary/aromatic N) is 3. The van der Waals surface area contributed by atoms with E-state index in [-0.39, 0.29) is 12.2 Å². The van der Waals surface area contributed by atoms with Gasteiger partial charge in [0, 0.05) is 18.0 Å². The van der Waals surface area contributed by atoms with E-state index in [4.69, 9.17) is 17.4 Å². The predicted octanol–water partition coefficient (Wildman–Crippen LogP) is 0.533. The van der Waals surface area contributed by atoms with Gasteiger partial charge in [-0.25, -0.2) is 19.7 Å². The number of carbonyl (C=O) groups excluding carboxylic acids is 2. The van der Waals surface area contributed by atoms with Gasteiger partial charge < -0.3 is 11.2 Å². The van der Waals surface area contributed by atoms with Crippen LogP contribution in [0.25, 0.3) is 0 Å². The maximum absolute atomic E-state index is 12.2. The van der Waals surface area contributed by atoms with Crippen molar-refractivity contribution in [3.05, 3.63) is 87.1 Å². The molecule has 0 saturated heterocycles. The summed E-state index contributed by atoms with van der Waals surface area (Å²) in [7, 11) is 0. The predicted molar refractivity (Wildman–Crippen MR) is 111 cm³/mol. The molecule has 11 heteroatoms. The number of nitrogens with two attached hydrogens (primary N) is 1. The first-order valence-electron chi connectivity index (χ1n) is 8.97. The standard InChI is InChI=1S/C19H20ClN7O3/c20-15-8-6-13(7-9-15)10-16-25-26(19(30)27(16)21)12-17(28)23-24-18(29)22-11-14-4-2-1-3-5-14/h1-9H,10-12,21H2,(H,23,28)(H2,22,24,29). The largest absolute Gasteiger partial charge is 0.365 e. The number of hydrogen-bond acceptors (Lipinski definition) is 5. The molecule has 1 aromatic heterocycles. The summed E-state index contributed by atoms with van der Waals surface area (Å²) in [6.45, 7) is -0.108. The highest BCUT2D eigenvalue weighted by molar-refractivity contribution is 6.30. The molecule has 5 N–H and O–H groups in total. The van der Waals surface area contributed by atoms with Gasteiger partial charge in [-0.2, -0.15) is 9.77 Å². The molecule has 0 aliphatic rings. The Balaban J connectivity index is 1.51. The Morgan fingerprint density at radius 1 is 1.00 bits per heavy atom. The number of benzene rings is 2. The van der Waals surface area contributed by atoms with Crippen molar-refractivity contribution in [3.63, 3.8) is 0 Å². The Morgan fingerprint density at radius 3 is 2.40 bits per heavy atom. The minimum Gasteiger partial charge on any atom is -0.333 e. The third-order valence-corrected chi connectivity index (χ3v) is 4.37. The van der Waals surface area contributed by atoms with E-state index in [0.717, 1.165) is 20.5 Å². The van der Waals surface area contributed by atoms with Crippen molar-refractivity contribution in [1.29, 1.82) is 0 Å². The molecular weight excluding hydrogens is 410 g/mol. The summed E-state index contributed by atoms with van der Waals surface area (Å²) in [5, 5.41) is 7.27. The van der Waals surface area contributed by atoms with E-state index in [0.29, 0.717) is 11.6 Å². The van der Waals surface area contributed by atoms with Crippen LogP contribution in [-0.4, -0.2) is 26.4 Å². The molecule has 3 rings (SSSR count). The molecule has 0 spiro atoms. The number of hydrazine groups is 1. The van der Waals surface area contributed by atoms with E-state index >= 15 is 0 Å². The molecule has 1 heterocycles. The lowest BCUT2D eigenvalue weighted by molar-refractivity contribution is -0.122. The first-order chi connectivity index (χ1) is 14.4. The van der Waals surface area contributed by atoms with Crippen molar-refractivity contribution in [3.8, 4) is 0 Å². The van der Waals surface area contributed by atoms with E-state index in [1.807, 2.05) is 30.3 Å². The maximum Gasteiger partial charge on any atom is 0.365 e. The van der Waals surface area contributed by atoms with Gasteiger partial charge in [0.15, 0.2) is 5.82 Å². The Kier molecular flexibility index (Phi) is 6.71. The van der Waals surface area contributed by atoms with Crippen LogP contribution in [0.3, 0.4) is 0 Å². The van der Waals surface area contributed by atoms with Crippen molar-refractivity contribution in [2.75, 3.05) is 5.84 Å². The molecule has 0 fully saturated rings. The third kappa shape index (κ3) is 5.61. The molecule has 3 aromatic rings. The molecule has 0 unspecified atom stereocenters. The average Bonchev–Trinajstić information content (AvgIpc) is 3.01. The molecular formula is C19H20ClN7O3. The third-order valence-electron chi connectivity index (χ3n) is 4.12. The van der Waals surface area contributed by atoms with Crippen LogP contribution >= 0.6 is 11.6 Å². The van der Waals surface area contributed by atoms with Gasteiger partial charge in [-0.15, -0.1) is 0 Å². The monoisotopic (exact) mass is 429 g/mol. The quantitative estimate of drug-likeness (QED) is 0.335. The molecule has 10 nitrogen and oxygen atoms in total. The van der Waals surface area contributed by atoms with Gasteiger partial charge in [0.25, 0.3) is 5.91 Å². The van der Waals surface area contributed by atoms with Crippen molar-refractivity contribution in [2.24, 2.45) is 0 Å². The molecule has 0 aliphatic carbocycles. The van der Waals surface area contributed by atoms with Crippen molar-refractivity contribution in [1.82, 2.24) is 30.6 Å². The number of hydrogen-bond donors (Lipinski definition) is 4. The summed E-state index contributed by atoms with van der Waals surface area (Å²) in [6.07, 6.45) is 0.289. The van der Waals surface area contributed by atoms with Crippen LogP contribution in [0.15, 0.2) is 59.4 Å². The van der Waals surface area contributed by atoms with Gasteiger partial charge in [-0.05, 0) is 23.3 Å². The summed E-state index contributed by atoms with van der Waals surface area (Å²) >= 11 is 5.86. The van der Waals surface area contributed by atoms with Gasteiger partial charge in [-0.1, -0.05) is 54.1 Å². The summed E-state index contributed by atoms with van der Waals surface area (Å²) in [4.78, 5) is 36.0. The maximum atomic E-state index is 12.2.